The van der Waals surface area contributed by atoms with Crippen molar-refractivity contribution < 1.29 is 0 Å². The van der Waals surface area contributed by atoms with Crippen LogP contribution in [0.2, 0.25) is 0 Å². The van der Waals surface area contributed by atoms with Gasteiger partial charge in [0.1, 0.15) is 4.34 Å². The van der Waals surface area contributed by atoms with E-state index in [1.807, 2.05) is 18.7 Å². The lowest BCUT2D eigenvalue weighted by Gasteiger charge is -2.19. The summed E-state index contributed by atoms with van der Waals surface area (Å²) < 4.78 is 1.16. The highest BCUT2D eigenvalue weighted by Crippen LogP contribution is 2.28. The Bertz CT molecular complexity index is 522. The fourth-order valence-corrected chi connectivity index (χ4v) is 3.99. The first-order chi connectivity index (χ1) is 9.20. The largest absolute Gasteiger partial charge is 0.309 e. The summed E-state index contributed by atoms with van der Waals surface area (Å²) in [5, 5.41) is 5.68. The van der Waals surface area contributed by atoms with E-state index in [4.69, 9.17) is 0 Å². The molecule has 1 atom stereocenters. The van der Waals surface area contributed by atoms with Crippen LogP contribution in [0.25, 0.3) is 0 Å². The van der Waals surface area contributed by atoms with E-state index in [9.17, 15) is 0 Å². The Kier molecular flexibility index (Phi) is 5.43. The summed E-state index contributed by atoms with van der Waals surface area (Å²) in [5.74, 6) is 1.02. The molecule has 0 aliphatic rings. The van der Waals surface area contributed by atoms with Gasteiger partial charge in [0.15, 0.2) is 0 Å². The van der Waals surface area contributed by atoms with Crippen LogP contribution in [0.3, 0.4) is 0 Å². The summed E-state index contributed by atoms with van der Waals surface area (Å²) in [4.78, 5) is 4.51. The molecule has 0 amide bonds. The molecule has 1 aromatic heterocycles. The standard InChI is InChI=1S/C15H20N2S2/c1-4-16-14(13-8-6-5-7-11(13)2)10-19-15-17-12(3)9-18-15/h5-9,14,16H,4,10H2,1-3H3. The summed E-state index contributed by atoms with van der Waals surface area (Å²) in [6.45, 7) is 7.36. The summed E-state index contributed by atoms with van der Waals surface area (Å²) >= 11 is 3.57. The first kappa shape index (κ1) is 14.6. The Morgan fingerprint density at radius 1 is 1.32 bits per heavy atom. The minimum Gasteiger partial charge on any atom is -0.309 e. The number of aromatic nitrogens is 1. The van der Waals surface area contributed by atoms with E-state index in [-0.39, 0.29) is 0 Å². The minimum atomic E-state index is 0.389. The van der Waals surface area contributed by atoms with Crippen LogP contribution in [0.4, 0.5) is 0 Å². The zero-order chi connectivity index (χ0) is 13.7. The SMILES string of the molecule is CCNC(CSc1nc(C)cs1)c1ccccc1C. The van der Waals surface area contributed by atoms with Crippen LogP contribution in [-0.4, -0.2) is 17.3 Å². The lowest BCUT2D eigenvalue weighted by molar-refractivity contribution is 0.603. The van der Waals surface area contributed by atoms with Gasteiger partial charge in [-0.25, -0.2) is 4.98 Å². The quantitative estimate of drug-likeness (QED) is 0.808. The first-order valence-corrected chi connectivity index (χ1v) is 8.41. The number of nitrogens with one attached hydrogen (secondary N) is 1. The van der Waals surface area contributed by atoms with E-state index in [1.165, 1.54) is 11.1 Å². The molecular formula is C15H20N2S2. The molecule has 19 heavy (non-hydrogen) atoms. The van der Waals surface area contributed by atoms with Crippen molar-refractivity contribution in [3.63, 3.8) is 0 Å². The van der Waals surface area contributed by atoms with Crippen molar-refractivity contribution in [1.29, 1.82) is 0 Å². The number of rotatable bonds is 6. The Morgan fingerprint density at radius 3 is 2.74 bits per heavy atom. The number of hydrogen-bond acceptors (Lipinski definition) is 4. The maximum atomic E-state index is 4.51. The first-order valence-electron chi connectivity index (χ1n) is 6.54. The molecule has 0 radical (unpaired) electrons. The second-order valence-electron chi connectivity index (χ2n) is 4.53. The van der Waals surface area contributed by atoms with Gasteiger partial charge in [-0.2, -0.15) is 0 Å². The number of hydrogen-bond donors (Lipinski definition) is 1. The second kappa shape index (κ2) is 7.08. The van der Waals surface area contributed by atoms with Crippen molar-refractivity contribution in [1.82, 2.24) is 10.3 Å². The number of benzene rings is 1. The summed E-state index contributed by atoms with van der Waals surface area (Å²) in [5.41, 5.74) is 3.86. The Balaban J connectivity index is 2.06. The molecule has 1 N–H and O–H groups in total. The highest BCUT2D eigenvalue weighted by Gasteiger charge is 2.13. The molecule has 1 unspecified atom stereocenters. The molecule has 0 fully saturated rings. The molecule has 1 heterocycles. The summed E-state index contributed by atoms with van der Waals surface area (Å²) in [6, 6.07) is 9.00. The molecule has 2 rings (SSSR count). The van der Waals surface area contributed by atoms with Crippen LogP contribution in [0.15, 0.2) is 34.0 Å². The van der Waals surface area contributed by atoms with Crippen molar-refractivity contribution in [3.8, 4) is 0 Å². The van der Waals surface area contributed by atoms with Gasteiger partial charge in [-0.1, -0.05) is 43.0 Å². The lowest BCUT2D eigenvalue weighted by Crippen LogP contribution is -2.23. The predicted octanol–water partition coefficient (Wildman–Crippen LogP) is 4.20. The zero-order valence-corrected chi connectivity index (χ0v) is 13.3. The molecule has 0 spiro atoms. The molecule has 2 nitrogen and oxygen atoms in total. The lowest BCUT2D eigenvalue weighted by atomic mass is 10.0. The van der Waals surface area contributed by atoms with Gasteiger partial charge in [-0.05, 0) is 31.5 Å². The third-order valence-corrected chi connectivity index (χ3v) is 5.22. The maximum Gasteiger partial charge on any atom is 0.150 e. The van der Waals surface area contributed by atoms with Gasteiger partial charge >= 0.3 is 0 Å². The molecule has 0 aliphatic heterocycles. The Morgan fingerprint density at radius 2 is 2.11 bits per heavy atom. The average molecular weight is 292 g/mol. The van der Waals surface area contributed by atoms with Crippen LogP contribution >= 0.6 is 23.1 Å². The number of thiazole rings is 1. The molecule has 0 saturated heterocycles. The Labute approximate surface area is 123 Å². The van der Waals surface area contributed by atoms with Gasteiger partial charge in [-0.15, -0.1) is 11.3 Å². The minimum absolute atomic E-state index is 0.389. The Hall–Kier alpha value is -0.840. The maximum absolute atomic E-state index is 4.51. The molecule has 0 saturated carbocycles. The number of nitrogens with zero attached hydrogens (tertiary/aromatic N) is 1. The third-order valence-electron chi connectivity index (χ3n) is 2.99. The highest BCUT2D eigenvalue weighted by molar-refractivity contribution is 8.01. The van der Waals surface area contributed by atoms with Gasteiger partial charge in [0.2, 0.25) is 0 Å². The van der Waals surface area contributed by atoms with Crippen molar-refractivity contribution in [3.05, 3.63) is 46.5 Å². The van der Waals surface area contributed by atoms with Crippen LogP contribution in [0, 0.1) is 13.8 Å². The normalized spacial score (nSPS) is 12.6. The van der Waals surface area contributed by atoms with Gasteiger partial charge in [-0.3, -0.25) is 0 Å². The van der Waals surface area contributed by atoms with E-state index in [1.54, 1.807) is 11.3 Å². The highest BCUT2D eigenvalue weighted by atomic mass is 32.2. The second-order valence-corrected chi connectivity index (χ2v) is 6.66. The van der Waals surface area contributed by atoms with Crippen LogP contribution in [0.5, 0.6) is 0 Å². The average Bonchev–Trinajstić information content (AvgIpc) is 2.81. The predicted molar refractivity (Wildman–Crippen MR) is 85.2 cm³/mol. The number of aryl methyl sites for hydroxylation is 2. The van der Waals surface area contributed by atoms with E-state index in [2.05, 4.69) is 53.8 Å². The smallest absolute Gasteiger partial charge is 0.150 e. The topological polar surface area (TPSA) is 24.9 Å². The zero-order valence-electron chi connectivity index (χ0n) is 11.6. The molecule has 102 valence electrons. The van der Waals surface area contributed by atoms with Crippen molar-refractivity contribution >= 4 is 23.1 Å². The van der Waals surface area contributed by atoms with E-state index < -0.39 is 0 Å². The van der Waals surface area contributed by atoms with Gasteiger partial charge in [0, 0.05) is 22.9 Å². The molecule has 2 aromatic rings. The fourth-order valence-electron chi connectivity index (χ4n) is 2.04. The number of thioether (sulfide) groups is 1. The summed E-state index contributed by atoms with van der Waals surface area (Å²) in [6.07, 6.45) is 0. The van der Waals surface area contributed by atoms with Crippen LogP contribution in [0.1, 0.15) is 29.8 Å². The third kappa shape index (κ3) is 4.06. The molecule has 1 aromatic carbocycles. The monoisotopic (exact) mass is 292 g/mol. The molecular weight excluding hydrogens is 272 g/mol. The van der Waals surface area contributed by atoms with E-state index >= 15 is 0 Å². The van der Waals surface area contributed by atoms with E-state index in [0.717, 1.165) is 22.3 Å². The van der Waals surface area contributed by atoms with Crippen molar-refractivity contribution in [2.24, 2.45) is 0 Å². The van der Waals surface area contributed by atoms with Crippen LogP contribution < -0.4 is 5.32 Å². The fraction of sp³-hybridized carbons (Fsp3) is 0.400. The summed E-state index contributed by atoms with van der Waals surface area (Å²) in [7, 11) is 0. The van der Waals surface area contributed by atoms with E-state index in [0.29, 0.717) is 6.04 Å². The molecule has 4 heteroatoms. The van der Waals surface area contributed by atoms with Crippen molar-refractivity contribution in [2.45, 2.75) is 31.2 Å². The van der Waals surface area contributed by atoms with Crippen LogP contribution in [-0.2, 0) is 0 Å². The van der Waals surface area contributed by atoms with Gasteiger partial charge in [0.25, 0.3) is 0 Å². The van der Waals surface area contributed by atoms with Crippen molar-refractivity contribution in [2.75, 3.05) is 12.3 Å². The van der Waals surface area contributed by atoms with Gasteiger partial charge in [0.05, 0.1) is 0 Å². The molecule has 0 bridgehead atoms. The molecule has 0 aliphatic carbocycles. The van der Waals surface area contributed by atoms with Gasteiger partial charge < -0.3 is 5.32 Å².